The van der Waals surface area contributed by atoms with Gasteiger partial charge in [-0.3, -0.25) is 19.2 Å². The number of nitrogens with zero attached hydrogens (tertiary/aromatic N) is 1. The third kappa shape index (κ3) is 13.7. The summed E-state index contributed by atoms with van der Waals surface area (Å²) in [6, 6.07) is -0.805. The van der Waals surface area contributed by atoms with Crippen LogP contribution in [0.1, 0.15) is 100 Å². The molecule has 0 bridgehead atoms. The molecule has 3 fully saturated rings. The van der Waals surface area contributed by atoms with E-state index < -0.39 is 127 Å². The molecule has 0 amide bonds. The maximum absolute atomic E-state index is 13.5. The third-order valence-corrected chi connectivity index (χ3v) is 11.8. The largest absolute Gasteiger partial charge is 0.462 e. The summed E-state index contributed by atoms with van der Waals surface area (Å²) in [7, 11) is 4.84. The minimum absolute atomic E-state index is 0.0207. The molecule has 0 aliphatic carbocycles. The summed E-state index contributed by atoms with van der Waals surface area (Å²) in [6.07, 6.45) is -8.18. The SMILES string of the molecule is CCC(=O)OC1/C=C/C2OC2CC(C)OC(=O)CC(OC(=O)CC)C(OC)C(OC2OC(C)C(OC3CC(C)(O)C(OC(C)=O)C(C)O3)C(N(C)C)C2O)C(CC=O)CC1C. The number of methoxy groups -OCH3 is 1. The summed E-state index contributed by atoms with van der Waals surface area (Å²) in [5.74, 6) is -3.44. The number of likely N-dealkylation sites (N-methyl/N-ethyl adjacent to an activating group) is 1. The van der Waals surface area contributed by atoms with Crippen molar-refractivity contribution in [2.75, 3.05) is 21.2 Å². The number of aliphatic hydroxyl groups excluding tert-OH is 1. The second kappa shape index (κ2) is 22.5. The molecule has 0 aromatic rings. The number of ether oxygens (including phenoxy) is 10. The molecule has 4 aliphatic heterocycles. The third-order valence-electron chi connectivity index (χ3n) is 11.8. The first kappa shape index (κ1) is 50.6. The Labute approximate surface area is 359 Å². The topological polar surface area (TPSA) is 225 Å². The minimum atomic E-state index is -1.51. The molecule has 0 saturated carbocycles. The Morgan fingerprint density at radius 3 is 2.18 bits per heavy atom. The van der Waals surface area contributed by atoms with Crippen LogP contribution < -0.4 is 0 Å². The molecule has 348 valence electrons. The van der Waals surface area contributed by atoms with Crippen LogP contribution >= 0.6 is 0 Å². The average Bonchev–Trinajstić information content (AvgIpc) is 3.91. The van der Waals surface area contributed by atoms with E-state index in [-0.39, 0.29) is 44.3 Å². The Kier molecular flexibility index (Phi) is 18.7. The first-order valence-corrected chi connectivity index (χ1v) is 21.5. The van der Waals surface area contributed by atoms with E-state index in [2.05, 4.69) is 0 Å². The number of carbonyl (C=O) groups excluding carboxylic acids is 5. The van der Waals surface area contributed by atoms with Gasteiger partial charge in [0.2, 0.25) is 0 Å². The highest BCUT2D eigenvalue weighted by Gasteiger charge is 2.53. The van der Waals surface area contributed by atoms with Crippen LogP contribution in [-0.2, 0) is 71.3 Å². The summed E-state index contributed by atoms with van der Waals surface area (Å²) < 4.78 is 60.5. The molecular weight excluding hydrogens is 802 g/mol. The predicted octanol–water partition coefficient (Wildman–Crippen LogP) is 2.55. The van der Waals surface area contributed by atoms with Gasteiger partial charge in [-0.05, 0) is 66.1 Å². The number of epoxide rings is 1. The zero-order valence-corrected chi connectivity index (χ0v) is 37.5. The van der Waals surface area contributed by atoms with Crippen molar-refractivity contribution < 1.29 is 81.6 Å². The molecule has 18 atom stereocenters. The van der Waals surface area contributed by atoms with Gasteiger partial charge in [0.15, 0.2) is 18.7 Å². The van der Waals surface area contributed by atoms with Crippen LogP contribution in [-0.4, -0.2) is 164 Å². The lowest BCUT2D eigenvalue weighted by atomic mass is 9.82. The fraction of sp³-hybridized carbons (Fsp3) is 0.837. The molecule has 18 heteroatoms. The zero-order valence-electron chi connectivity index (χ0n) is 37.5. The lowest BCUT2D eigenvalue weighted by Gasteiger charge is -2.50. The van der Waals surface area contributed by atoms with Crippen molar-refractivity contribution in [2.45, 2.75) is 198 Å². The number of aldehydes is 1. The second-order valence-electron chi connectivity index (χ2n) is 17.2. The smallest absolute Gasteiger partial charge is 0.309 e. The molecule has 18 unspecified atom stereocenters. The van der Waals surface area contributed by atoms with Crippen molar-refractivity contribution in [1.82, 2.24) is 4.90 Å². The number of esters is 4. The monoisotopic (exact) mass is 871 g/mol. The number of cyclic esters (lactones) is 1. The summed E-state index contributed by atoms with van der Waals surface area (Å²) in [6.45, 7) is 13.1. The Morgan fingerprint density at radius 2 is 1.59 bits per heavy atom. The lowest BCUT2D eigenvalue weighted by molar-refractivity contribution is -0.344. The van der Waals surface area contributed by atoms with Crippen molar-refractivity contribution in [3.63, 3.8) is 0 Å². The first-order chi connectivity index (χ1) is 28.7. The maximum Gasteiger partial charge on any atom is 0.309 e. The van der Waals surface area contributed by atoms with Crippen LogP contribution in [0.15, 0.2) is 12.2 Å². The fourth-order valence-corrected chi connectivity index (χ4v) is 8.69. The molecule has 0 aromatic heterocycles. The molecule has 0 radical (unpaired) electrons. The van der Waals surface area contributed by atoms with Crippen LogP contribution in [0.2, 0.25) is 0 Å². The van der Waals surface area contributed by atoms with Gasteiger partial charge < -0.3 is 67.3 Å². The lowest BCUT2D eigenvalue weighted by Crippen LogP contribution is -2.66. The number of rotatable bonds is 13. The van der Waals surface area contributed by atoms with E-state index in [0.717, 1.165) is 0 Å². The Balaban J connectivity index is 1.73. The molecule has 4 rings (SSSR count). The van der Waals surface area contributed by atoms with Gasteiger partial charge in [0.1, 0.15) is 54.6 Å². The number of fused-ring (bicyclic) bond motifs is 1. The first-order valence-electron chi connectivity index (χ1n) is 21.5. The predicted molar refractivity (Wildman–Crippen MR) is 214 cm³/mol. The number of carbonyl (C=O) groups is 5. The molecule has 0 spiro atoms. The van der Waals surface area contributed by atoms with E-state index in [4.69, 9.17) is 47.4 Å². The highest BCUT2D eigenvalue weighted by molar-refractivity contribution is 5.73. The van der Waals surface area contributed by atoms with Crippen molar-refractivity contribution >= 4 is 30.2 Å². The molecule has 0 aromatic carbocycles. The van der Waals surface area contributed by atoms with Gasteiger partial charge in [0.05, 0.1) is 36.9 Å². The molecule has 4 aliphatic rings. The normalized spacial score (nSPS) is 41.7. The summed E-state index contributed by atoms with van der Waals surface area (Å²) in [5.41, 5.74) is -1.51. The van der Waals surface area contributed by atoms with Crippen LogP contribution in [0.4, 0.5) is 0 Å². The summed E-state index contributed by atoms with van der Waals surface area (Å²) >= 11 is 0. The number of hydrogen-bond acceptors (Lipinski definition) is 18. The van der Waals surface area contributed by atoms with Gasteiger partial charge in [-0.15, -0.1) is 0 Å². The minimum Gasteiger partial charge on any atom is -0.462 e. The highest BCUT2D eigenvalue weighted by atomic mass is 16.7. The van der Waals surface area contributed by atoms with Crippen LogP contribution in [0, 0.1) is 11.8 Å². The maximum atomic E-state index is 13.5. The van der Waals surface area contributed by atoms with Crippen molar-refractivity contribution in [1.29, 1.82) is 0 Å². The Bertz CT molecular complexity index is 1510. The zero-order chi connectivity index (χ0) is 45.3. The van der Waals surface area contributed by atoms with Gasteiger partial charge in [-0.2, -0.15) is 0 Å². The summed E-state index contributed by atoms with van der Waals surface area (Å²) in [5, 5.41) is 23.5. The van der Waals surface area contributed by atoms with E-state index in [0.29, 0.717) is 12.7 Å². The van der Waals surface area contributed by atoms with E-state index in [1.54, 1.807) is 59.7 Å². The quantitative estimate of drug-likeness (QED) is 0.0892. The Morgan fingerprint density at radius 1 is 0.918 bits per heavy atom. The number of aliphatic hydroxyl groups is 2. The standard InChI is InChI=1S/C43H69NO17/c1-12-32(47)58-28-14-15-29-30(57-29)19-23(4)53-34(49)20-31(59-33(48)13-2)40(52-11)39(27(16-17-45)18-22(28)3)61-42-37(50)36(44(9)10)38(24(5)55-42)60-35-21-43(8,51)41(25(6)54-35)56-26(7)46/h14-15,17,22-25,27-31,35-42,50-51H,12-13,16,18-21H2,1-11H3/b15-14+. The summed E-state index contributed by atoms with van der Waals surface area (Å²) in [4.78, 5) is 65.2. The van der Waals surface area contributed by atoms with Crippen molar-refractivity contribution in [2.24, 2.45) is 11.8 Å². The average molecular weight is 872 g/mol. The molecule has 18 nitrogen and oxygen atoms in total. The van der Waals surface area contributed by atoms with Gasteiger partial charge in [-0.1, -0.05) is 26.8 Å². The highest BCUT2D eigenvalue weighted by Crippen LogP contribution is 2.38. The van der Waals surface area contributed by atoms with Gasteiger partial charge >= 0.3 is 23.9 Å². The van der Waals surface area contributed by atoms with Crippen molar-refractivity contribution in [3.8, 4) is 0 Å². The van der Waals surface area contributed by atoms with Crippen molar-refractivity contribution in [3.05, 3.63) is 12.2 Å². The molecule has 2 N–H and O–H groups in total. The van der Waals surface area contributed by atoms with E-state index in [1.807, 2.05) is 13.0 Å². The van der Waals surface area contributed by atoms with Gasteiger partial charge in [-0.25, -0.2) is 0 Å². The molecule has 3 saturated heterocycles. The van der Waals surface area contributed by atoms with Crippen LogP contribution in [0.5, 0.6) is 0 Å². The van der Waals surface area contributed by atoms with Gasteiger partial charge in [0.25, 0.3) is 0 Å². The fourth-order valence-electron chi connectivity index (χ4n) is 8.69. The van der Waals surface area contributed by atoms with E-state index >= 15 is 0 Å². The van der Waals surface area contributed by atoms with E-state index in [1.165, 1.54) is 21.0 Å². The van der Waals surface area contributed by atoms with E-state index in [9.17, 15) is 34.2 Å². The van der Waals surface area contributed by atoms with Gasteiger partial charge in [0, 0.05) is 46.1 Å². The molecular formula is C43H69NO17. The van der Waals surface area contributed by atoms with Crippen LogP contribution in [0.25, 0.3) is 0 Å². The molecule has 61 heavy (non-hydrogen) atoms. The number of hydrogen-bond donors (Lipinski definition) is 2. The van der Waals surface area contributed by atoms with Crippen LogP contribution in [0.3, 0.4) is 0 Å². The Hall–Kier alpha value is -3.07. The molecule has 4 heterocycles. The second-order valence-corrected chi connectivity index (χ2v) is 17.2.